The van der Waals surface area contributed by atoms with Crippen LogP contribution in [0, 0.1) is 0 Å². The molecule has 0 saturated heterocycles. The van der Waals surface area contributed by atoms with Gasteiger partial charge in [-0.15, -0.1) is 11.3 Å². The van der Waals surface area contributed by atoms with Crippen molar-refractivity contribution in [1.82, 2.24) is 9.88 Å². The Morgan fingerprint density at radius 3 is 2.19 bits per heavy atom. The minimum Gasteiger partial charge on any atom is -0.454 e. The average molecular weight is 751 g/mol. The second-order valence-electron chi connectivity index (χ2n) is 14.8. The molecular weight excluding hydrogens is 717 g/mol. The number of hydrogen-bond acceptors (Lipinski definition) is 5. The van der Waals surface area contributed by atoms with E-state index in [0.717, 1.165) is 68.8 Å². The van der Waals surface area contributed by atoms with Crippen molar-refractivity contribution in [2.45, 2.75) is 19.0 Å². The lowest BCUT2D eigenvalue weighted by Gasteiger charge is -2.25. The summed E-state index contributed by atoms with van der Waals surface area (Å²) in [6.07, 6.45) is 8.60. The van der Waals surface area contributed by atoms with E-state index < -0.39 is 0 Å². The summed E-state index contributed by atoms with van der Waals surface area (Å²) in [5, 5.41) is 10.7. The molecule has 3 aromatic heterocycles. The van der Waals surface area contributed by atoms with Gasteiger partial charge in [-0.2, -0.15) is 0 Å². The van der Waals surface area contributed by atoms with Crippen molar-refractivity contribution in [2.24, 2.45) is 9.98 Å². The summed E-state index contributed by atoms with van der Waals surface area (Å²) in [4.78, 5) is 10.3. The van der Waals surface area contributed by atoms with Gasteiger partial charge in [0.1, 0.15) is 17.6 Å². The van der Waals surface area contributed by atoms with E-state index in [0.29, 0.717) is 0 Å². The van der Waals surface area contributed by atoms with Crippen LogP contribution >= 0.6 is 11.3 Å². The van der Waals surface area contributed by atoms with E-state index in [1.165, 1.54) is 53.1 Å². The molecule has 5 nitrogen and oxygen atoms in total. The molecule has 1 unspecified atom stereocenters. The van der Waals surface area contributed by atoms with Crippen LogP contribution in [0.1, 0.15) is 24.0 Å². The Labute approximate surface area is 332 Å². The van der Waals surface area contributed by atoms with Gasteiger partial charge in [0.05, 0.1) is 16.7 Å². The monoisotopic (exact) mass is 750 g/mol. The van der Waals surface area contributed by atoms with Gasteiger partial charge in [0.15, 0.2) is 11.4 Å². The molecule has 0 saturated carbocycles. The molecule has 0 amide bonds. The van der Waals surface area contributed by atoms with E-state index in [-0.39, 0.29) is 6.17 Å². The van der Waals surface area contributed by atoms with Gasteiger partial charge in [-0.25, -0.2) is 9.98 Å². The Bertz CT molecular complexity index is 3340. The topological polar surface area (TPSA) is 54.8 Å². The number of rotatable bonds is 5. The van der Waals surface area contributed by atoms with Crippen LogP contribution in [0.25, 0.3) is 80.7 Å². The first kappa shape index (κ1) is 32.2. The van der Waals surface area contributed by atoms with Gasteiger partial charge in [-0.1, -0.05) is 115 Å². The lowest BCUT2D eigenvalue weighted by molar-refractivity contribution is 0.666. The summed E-state index contributed by atoms with van der Waals surface area (Å²) in [7, 11) is 0. The van der Waals surface area contributed by atoms with Gasteiger partial charge in [-0.05, 0) is 84.1 Å². The van der Waals surface area contributed by atoms with Crippen LogP contribution in [0.3, 0.4) is 0 Å². The molecule has 0 radical (unpaired) electrons. The first-order valence-electron chi connectivity index (χ1n) is 19.5. The number of fused-ring (bicyclic) bond motifs is 9. The number of aromatic nitrogens is 1. The van der Waals surface area contributed by atoms with E-state index in [9.17, 15) is 0 Å². The van der Waals surface area contributed by atoms with Gasteiger partial charge >= 0.3 is 0 Å². The van der Waals surface area contributed by atoms with Gasteiger partial charge in [0, 0.05) is 52.8 Å². The van der Waals surface area contributed by atoms with Crippen molar-refractivity contribution < 1.29 is 4.42 Å². The first-order chi connectivity index (χ1) is 28.2. The summed E-state index contributed by atoms with van der Waals surface area (Å²) in [6.45, 7) is 0. The lowest BCUT2D eigenvalue weighted by atomic mass is 9.97. The zero-order valence-corrected chi connectivity index (χ0v) is 31.6. The predicted molar refractivity (Wildman–Crippen MR) is 239 cm³/mol. The molecule has 1 aliphatic heterocycles. The number of nitrogens with zero attached hydrogens (tertiary/aromatic N) is 3. The molecule has 6 heteroatoms. The highest BCUT2D eigenvalue weighted by Gasteiger charge is 2.23. The van der Waals surface area contributed by atoms with E-state index >= 15 is 0 Å². The molecule has 1 aliphatic carbocycles. The van der Waals surface area contributed by atoms with E-state index in [4.69, 9.17) is 14.4 Å². The number of para-hydroxylation sites is 3. The average Bonchev–Trinajstić information content (AvgIpc) is 3.96. The maximum absolute atomic E-state index is 6.76. The maximum atomic E-state index is 6.76. The fourth-order valence-electron chi connectivity index (χ4n) is 8.84. The highest BCUT2D eigenvalue weighted by molar-refractivity contribution is 7.26. The molecule has 57 heavy (non-hydrogen) atoms. The fraction of sp³-hybridized carbons (Fsp3) is 0.0588. The molecular formula is C51H34N4OS. The van der Waals surface area contributed by atoms with E-state index in [1.807, 2.05) is 17.4 Å². The van der Waals surface area contributed by atoms with Gasteiger partial charge in [0.2, 0.25) is 0 Å². The standard InChI is InChI=1S/C51H34N4OS/c1-3-13-31(14-4-1)49-52-50(32-15-5-2-6-16-32)54-51(53-49)34-26-28-45-40(30-34)47-35(19-12-24-46(47)57-45)33-25-27-44-39(29-33)38-20-11-23-43(48(38)56-44)55-41-21-9-7-17-36(41)37-18-8-10-22-42(37)55/h1,3-5,7-30,50H,2,6H2,(H,52,53,54). The molecule has 10 aromatic rings. The molecule has 0 spiro atoms. The molecule has 4 heterocycles. The van der Waals surface area contributed by atoms with Gasteiger partial charge < -0.3 is 14.3 Å². The number of amidine groups is 2. The molecule has 12 rings (SSSR count). The van der Waals surface area contributed by atoms with Gasteiger partial charge in [-0.3, -0.25) is 0 Å². The highest BCUT2D eigenvalue weighted by atomic mass is 32.1. The SMILES string of the molecule is C1=CC(C2N=C(c3ccc4sc5cccc(-c6ccc7oc8c(-n9c%10ccccc%10c%10ccccc%109)cccc8c7c6)c5c4c3)N=C(c3ccccc3)N2)=CCC1. The molecule has 1 N–H and O–H groups in total. The normalized spacial score (nSPS) is 15.8. The molecule has 2 aliphatic rings. The molecule has 270 valence electrons. The number of benzene rings is 7. The minimum atomic E-state index is -0.207. The number of furan rings is 1. The van der Waals surface area contributed by atoms with Crippen LogP contribution < -0.4 is 5.32 Å². The third-order valence-electron chi connectivity index (χ3n) is 11.5. The quantitative estimate of drug-likeness (QED) is 0.190. The van der Waals surface area contributed by atoms with Crippen molar-refractivity contribution in [2.75, 3.05) is 0 Å². The molecule has 0 bridgehead atoms. The van der Waals surface area contributed by atoms with Crippen LogP contribution in [0.4, 0.5) is 0 Å². The van der Waals surface area contributed by atoms with Crippen LogP contribution in [-0.4, -0.2) is 22.4 Å². The third kappa shape index (κ3) is 5.14. The maximum Gasteiger partial charge on any atom is 0.159 e. The molecule has 1 atom stereocenters. The number of allylic oxidation sites excluding steroid dienone is 2. The molecule has 7 aromatic carbocycles. The number of thiophene rings is 1. The van der Waals surface area contributed by atoms with Crippen LogP contribution in [0.15, 0.2) is 190 Å². The highest BCUT2D eigenvalue weighted by Crippen LogP contribution is 2.43. The smallest absolute Gasteiger partial charge is 0.159 e. The molecule has 0 fully saturated rings. The Balaban J connectivity index is 1.01. The Morgan fingerprint density at radius 1 is 0.614 bits per heavy atom. The summed E-state index contributed by atoms with van der Waals surface area (Å²) < 4.78 is 11.6. The Hall–Kier alpha value is -7.02. The third-order valence-corrected chi connectivity index (χ3v) is 12.6. The zero-order chi connectivity index (χ0) is 37.5. The second kappa shape index (κ2) is 12.8. The van der Waals surface area contributed by atoms with Gasteiger partial charge in [0.25, 0.3) is 0 Å². The van der Waals surface area contributed by atoms with Crippen LogP contribution in [0.2, 0.25) is 0 Å². The lowest BCUT2D eigenvalue weighted by Crippen LogP contribution is -2.40. The van der Waals surface area contributed by atoms with Crippen molar-refractivity contribution in [3.8, 4) is 16.8 Å². The van der Waals surface area contributed by atoms with Crippen molar-refractivity contribution in [3.63, 3.8) is 0 Å². The second-order valence-corrected chi connectivity index (χ2v) is 15.9. The van der Waals surface area contributed by atoms with E-state index in [2.05, 4.69) is 174 Å². The van der Waals surface area contributed by atoms with Crippen LogP contribution in [-0.2, 0) is 0 Å². The Kier molecular flexibility index (Phi) is 7.22. The first-order valence-corrected chi connectivity index (χ1v) is 20.3. The summed E-state index contributed by atoms with van der Waals surface area (Å²) in [5.41, 5.74) is 10.7. The summed E-state index contributed by atoms with van der Waals surface area (Å²) in [5.74, 6) is 1.57. The van der Waals surface area contributed by atoms with Crippen molar-refractivity contribution >= 4 is 86.9 Å². The largest absolute Gasteiger partial charge is 0.454 e. The number of nitrogens with one attached hydrogen (secondary N) is 1. The van der Waals surface area contributed by atoms with Crippen LogP contribution in [0.5, 0.6) is 0 Å². The van der Waals surface area contributed by atoms with E-state index in [1.54, 1.807) is 0 Å². The number of aliphatic imine (C=N–C) groups is 2. The minimum absolute atomic E-state index is 0.207. The Morgan fingerprint density at radius 2 is 1.37 bits per heavy atom. The zero-order valence-electron chi connectivity index (χ0n) is 30.8. The summed E-state index contributed by atoms with van der Waals surface area (Å²) in [6, 6.07) is 54.1. The summed E-state index contributed by atoms with van der Waals surface area (Å²) >= 11 is 1.83. The fourth-order valence-corrected chi connectivity index (χ4v) is 9.96. The van der Waals surface area contributed by atoms with Crippen molar-refractivity contribution in [3.05, 3.63) is 187 Å². The predicted octanol–water partition coefficient (Wildman–Crippen LogP) is 13.1. The van der Waals surface area contributed by atoms with Crippen molar-refractivity contribution in [1.29, 1.82) is 0 Å². The number of hydrogen-bond donors (Lipinski definition) is 1.